The Morgan fingerprint density at radius 3 is 2.80 bits per heavy atom. The van der Waals surface area contributed by atoms with Gasteiger partial charge in [0.2, 0.25) is 0 Å². The molecule has 0 aliphatic rings. The number of rotatable bonds is 0. The molecule has 0 bridgehead atoms. The van der Waals surface area contributed by atoms with Crippen molar-refractivity contribution in [2.24, 2.45) is 0 Å². The molecule has 0 N–H and O–H groups in total. The molecule has 10 heavy (non-hydrogen) atoms. The monoisotopic (exact) mass is 150 g/mol. The van der Waals surface area contributed by atoms with Crippen LogP contribution in [0.5, 0.6) is 0 Å². The Balaban J connectivity index is 2.93. The van der Waals surface area contributed by atoms with Gasteiger partial charge in [-0.1, -0.05) is 18.2 Å². The first-order valence-corrected chi connectivity index (χ1v) is 3.67. The fraction of sp³-hybridized carbons (Fsp3) is 0. The maximum absolute atomic E-state index is 5.23. The van der Waals surface area contributed by atoms with Gasteiger partial charge in [-0.3, -0.25) is 0 Å². The van der Waals surface area contributed by atoms with Gasteiger partial charge in [0.05, 0.1) is 6.26 Å². The lowest BCUT2D eigenvalue weighted by molar-refractivity contribution is 0.618. The average molecular weight is 150 g/mol. The number of furan rings is 1. The van der Waals surface area contributed by atoms with Crippen LogP contribution < -0.4 is 5.30 Å². The van der Waals surface area contributed by atoms with Gasteiger partial charge < -0.3 is 4.42 Å². The number of benzene rings is 1. The Bertz CT molecular complexity index is 351. The van der Waals surface area contributed by atoms with Crippen LogP contribution in [0, 0.1) is 0 Å². The van der Waals surface area contributed by atoms with Crippen LogP contribution in [0.25, 0.3) is 11.0 Å². The first kappa shape index (κ1) is 5.94. The van der Waals surface area contributed by atoms with Gasteiger partial charge >= 0.3 is 0 Å². The van der Waals surface area contributed by atoms with Gasteiger partial charge in [0.25, 0.3) is 0 Å². The minimum Gasteiger partial charge on any atom is -0.464 e. The molecule has 50 valence electrons. The zero-order valence-corrected chi connectivity index (χ0v) is 6.53. The second kappa shape index (κ2) is 2.10. The van der Waals surface area contributed by atoms with Gasteiger partial charge in [0, 0.05) is 10.7 Å². The Morgan fingerprint density at radius 2 is 2.00 bits per heavy atom. The van der Waals surface area contributed by atoms with Crippen molar-refractivity contribution in [2.45, 2.75) is 0 Å². The maximum Gasteiger partial charge on any atom is 0.134 e. The molecule has 0 fully saturated rings. The predicted molar refractivity (Wildman–Crippen MR) is 45.6 cm³/mol. The van der Waals surface area contributed by atoms with Crippen LogP contribution in [0.3, 0.4) is 0 Å². The summed E-state index contributed by atoms with van der Waals surface area (Å²) in [6.07, 6.45) is 1.75. The number of fused-ring (bicyclic) bond motifs is 1. The highest BCUT2D eigenvalue weighted by Crippen LogP contribution is 2.13. The molecule has 1 nitrogen and oxygen atoms in total. The van der Waals surface area contributed by atoms with Gasteiger partial charge in [0.15, 0.2) is 0 Å². The van der Waals surface area contributed by atoms with Crippen molar-refractivity contribution in [3.8, 4) is 0 Å². The molecule has 0 spiro atoms. The van der Waals surface area contributed by atoms with Crippen molar-refractivity contribution in [3.63, 3.8) is 0 Å². The highest BCUT2D eigenvalue weighted by molar-refractivity contribution is 7.28. The smallest absolute Gasteiger partial charge is 0.134 e. The van der Waals surface area contributed by atoms with Crippen molar-refractivity contribution >= 4 is 25.5 Å². The molecule has 2 rings (SSSR count). The molecule has 1 atom stereocenters. The van der Waals surface area contributed by atoms with Crippen molar-refractivity contribution in [1.29, 1.82) is 0 Å². The van der Waals surface area contributed by atoms with Crippen molar-refractivity contribution in [3.05, 3.63) is 30.5 Å². The Hall–Kier alpha value is -0.810. The summed E-state index contributed by atoms with van der Waals surface area (Å²) >= 11 is 0. The standard InChI is InChI=1S/C8H7OP/c10-8-5-9-7-4-2-1-3-6(7)8/h1-5H,10H2. The lowest BCUT2D eigenvalue weighted by atomic mass is 10.3. The zero-order chi connectivity index (χ0) is 6.97. The van der Waals surface area contributed by atoms with E-state index in [1.54, 1.807) is 6.26 Å². The SMILES string of the molecule is Pc1coc2ccccc12. The van der Waals surface area contributed by atoms with Crippen LogP contribution in [-0.4, -0.2) is 0 Å². The molecule has 0 radical (unpaired) electrons. The summed E-state index contributed by atoms with van der Waals surface area (Å²) in [5, 5.41) is 2.29. The molecule has 1 aromatic carbocycles. The fourth-order valence-corrected chi connectivity index (χ4v) is 1.30. The quantitative estimate of drug-likeness (QED) is 0.523. The van der Waals surface area contributed by atoms with Crippen LogP contribution in [0.4, 0.5) is 0 Å². The third kappa shape index (κ3) is 0.748. The van der Waals surface area contributed by atoms with E-state index in [1.165, 1.54) is 5.39 Å². The van der Waals surface area contributed by atoms with Crippen molar-refractivity contribution in [1.82, 2.24) is 0 Å². The highest BCUT2D eigenvalue weighted by atomic mass is 31.0. The predicted octanol–water partition coefficient (Wildman–Crippen LogP) is 1.93. The first-order chi connectivity index (χ1) is 4.88. The largest absolute Gasteiger partial charge is 0.464 e. The number of para-hydroxylation sites is 1. The second-order valence-electron chi connectivity index (χ2n) is 2.19. The van der Waals surface area contributed by atoms with Crippen LogP contribution in [0.15, 0.2) is 34.9 Å². The highest BCUT2D eigenvalue weighted by Gasteiger charge is 1.97. The lowest BCUT2D eigenvalue weighted by Crippen LogP contribution is -1.81. The van der Waals surface area contributed by atoms with Crippen LogP contribution >= 0.6 is 9.24 Å². The van der Waals surface area contributed by atoms with Gasteiger partial charge in [-0.05, 0) is 6.07 Å². The van der Waals surface area contributed by atoms with Gasteiger partial charge in [-0.25, -0.2) is 0 Å². The average Bonchev–Trinajstić information content (AvgIpc) is 2.34. The molecule has 1 unspecified atom stereocenters. The third-order valence-corrected chi connectivity index (χ3v) is 1.96. The Labute approximate surface area is 61.2 Å². The van der Waals surface area contributed by atoms with Crippen LogP contribution in [-0.2, 0) is 0 Å². The fourth-order valence-electron chi connectivity index (χ4n) is 0.998. The first-order valence-electron chi connectivity index (χ1n) is 3.09. The summed E-state index contributed by atoms with van der Waals surface area (Å²) in [6.45, 7) is 0. The van der Waals surface area contributed by atoms with E-state index in [0.29, 0.717) is 0 Å². The molecule has 0 saturated carbocycles. The summed E-state index contributed by atoms with van der Waals surface area (Å²) < 4.78 is 5.23. The van der Waals surface area contributed by atoms with Crippen LogP contribution in [0.2, 0.25) is 0 Å². The maximum atomic E-state index is 5.23. The van der Waals surface area contributed by atoms with Crippen LogP contribution in [0.1, 0.15) is 0 Å². The van der Waals surface area contributed by atoms with Crippen molar-refractivity contribution < 1.29 is 4.42 Å². The normalized spacial score (nSPS) is 10.5. The van der Waals surface area contributed by atoms with E-state index in [9.17, 15) is 0 Å². The molecular formula is C8H7OP. The van der Waals surface area contributed by atoms with E-state index in [1.807, 2.05) is 24.3 Å². The number of hydrogen-bond donors (Lipinski definition) is 0. The van der Waals surface area contributed by atoms with Gasteiger partial charge in [-0.15, -0.1) is 9.24 Å². The van der Waals surface area contributed by atoms with E-state index < -0.39 is 0 Å². The second-order valence-corrected chi connectivity index (χ2v) is 2.81. The molecular weight excluding hydrogens is 143 g/mol. The minimum absolute atomic E-state index is 0.951. The van der Waals surface area contributed by atoms with Crippen molar-refractivity contribution in [2.75, 3.05) is 0 Å². The minimum atomic E-state index is 0.951. The molecule has 2 heteroatoms. The van der Waals surface area contributed by atoms with Gasteiger partial charge in [0.1, 0.15) is 5.58 Å². The lowest BCUT2D eigenvalue weighted by Gasteiger charge is -1.84. The third-order valence-electron chi connectivity index (χ3n) is 1.51. The zero-order valence-electron chi connectivity index (χ0n) is 5.37. The summed E-state index contributed by atoms with van der Waals surface area (Å²) in [5.41, 5.74) is 0.951. The molecule has 2 aromatic rings. The Morgan fingerprint density at radius 1 is 1.20 bits per heavy atom. The molecule has 0 aliphatic heterocycles. The van der Waals surface area contributed by atoms with E-state index in [-0.39, 0.29) is 0 Å². The van der Waals surface area contributed by atoms with E-state index in [0.717, 1.165) is 10.9 Å². The summed E-state index contributed by atoms with van der Waals surface area (Å²) in [4.78, 5) is 0. The number of hydrogen-bond acceptors (Lipinski definition) is 1. The molecule has 1 aromatic heterocycles. The molecule has 0 aliphatic carbocycles. The topological polar surface area (TPSA) is 13.1 Å². The van der Waals surface area contributed by atoms with E-state index in [4.69, 9.17) is 4.42 Å². The van der Waals surface area contributed by atoms with E-state index >= 15 is 0 Å². The molecule has 0 saturated heterocycles. The molecule has 1 heterocycles. The van der Waals surface area contributed by atoms with Gasteiger partial charge in [-0.2, -0.15) is 0 Å². The summed E-state index contributed by atoms with van der Waals surface area (Å²) in [7, 11) is 2.64. The summed E-state index contributed by atoms with van der Waals surface area (Å²) in [5.74, 6) is 0. The van der Waals surface area contributed by atoms with E-state index in [2.05, 4.69) is 9.24 Å². The summed E-state index contributed by atoms with van der Waals surface area (Å²) in [6, 6.07) is 7.98. The molecule has 0 amide bonds. The Kier molecular flexibility index (Phi) is 1.25.